The molecular formula is C16H17NO4. The predicted octanol–water partition coefficient (Wildman–Crippen LogP) is 1.95. The fourth-order valence-corrected chi connectivity index (χ4v) is 3.74. The Kier molecular flexibility index (Phi) is 2.84. The standard InChI is InChI=1S/C16H17NO4/c17-9-16(8-11-2-4-14(16)21-11)15(18)10-1-3-12-13(7-10)20-6-5-19-12/h1,3,7,11,14-15,18H,2,4-6,8H2. The van der Waals surface area contributed by atoms with Crippen LogP contribution in [-0.4, -0.2) is 30.5 Å². The average Bonchev–Trinajstić information content (AvgIpc) is 3.15. The van der Waals surface area contributed by atoms with Gasteiger partial charge in [-0.15, -0.1) is 0 Å². The lowest BCUT2D eigenvalue weighted by molar-refractivity contribution is 0.00319. The van der Waals surface area contributed by atoms with Gasteiger partial charge in [0.05, 0.1) is 18.3 Å². The number of benzene rings is 1. The van der Waals surface area contributed by atoms with Crippen molar-refractivity contribution in [1.82, 2.24) is 0 Å². The van der Waals surface area contributed by atoms with Gasteiger partial charge in [0.1, 0.15) is 24.7 Å². The number of hydrogen-bond donors (Lipinski definition) is 1. The molecule has 4 atom stereocenters. The summed E-state index contributed by atoms with van der Waals surface area (Å²) in [4.78, 5) is 0. The van der Waals surface area contributed by atoms with E-state index in [2.05, 4.69) is 6.07 Å². The molecule has 0 spiro atoms. The zero-order valence-corrected chi connectivity index (χ0v) is 11.6. The zero-order chi connectivity index (χ0) is 14.4. The van der Waals surface area contributed by atoms with E-state index in [1.807, 2.05) is 6.07 Å². The monoisotopic (exact) mass is 287 g/mol. The van der Waals surface area contributed by atoms with Crippen LogP contribution < -0.4 is 9.47 Å². The van der Waals surface area contributed by atoms with Crippen LogP contribution in [0.25, 0.3) is 0 Å². The quantitative estimate of drug-likeness (QED) is 0.900. The van der Waals surface area contributed by atoms with Crippen LogP contribution >= 0.6 is 0 Å². The lowest BCUT2D eigenvalue weighted by Gasteiger charge is -2.33. The first kappa shape index (κ1) is 12.9. The van der Waals surface area contributed by atoms with Gasteiger partial charge < -0.3 is 19.3 Å². The molecule has 0 aliphatic carbocycles. The maximum atomic E-state index is 10.8. The summed E-state index contributed by atoms with van der Waals surface area (Å²) in [6, 6.07) is 7.73. The molecule has 110 valence electrons. The fourth-order valence-electron chi connectivity index (χ4n) is 3.74. The summed E-state index contributed by atoms with van der Waals surface area (Å²) >= 11 is 0. The minimum atomic E-state index is -0.867. The second-order valence-corrected chi connectivity index (χ2v) is 5.99. The van der Waals surface area contributed by atoms with Gasteiger partial charge in [-0.05, 0) is 37.0 Å². The summed E-state index contributed by atoms with van der Waals surface area (Å²) in [5, 5.41) is 20.5. The first-order valence-corrected chi connectivity index (χ1v) is 7.37. The van der Waals surface area contributed by atoms with Crippen molar-refractivity contribution < 1.29 is 19.3 Å². The van der Waals surface area contributed by atoms with Crippen LogP contribution in [0.5, 0.6) is 11.5 Å². The van der Waals surface area contributed by atoms with Gasteiger partial charge in [0.15, 0.2) is 11.5 Å². The van der Waals surface area contributed by atoms with Crippen LogP contribution in [0.15, 0.2) is 18.2 Å². The molecule has 0 saturated carbocycles. The zero-order valence-electron chi connectivity index (χ0n) is 11.6. The third-order valence-corrected chi connectivity index (χ3v) is 4.83. The van der Waals surface area contributed by atoms with E-state index < -0.39 is 11.5 Å². The molecular weight excluding hydrogens is 270 g/mol. The van der Waals surface area contributed by atoms with Crippen molar-refractivity contribution in [2.75, 3.05) is 13.2 Å². The van der Waals surface area contributed by atoms with E-state index in [0.29, 0.717) is 36.7 Å². The Bertz CT molecular complexity index is 611. The second kappa shape index (κ2) is 4.62. The smallest absolute Gasteiger partial charge is 0.161 e. The Morgan fingerprint density at radius 2 is 2.05 bits per heavy atom. The van der Waals surface area contributed by atoms with E-state index in [4.69, 9.17) is 14.2 Å². The van der Waals surface area contributed by atoms with Gasteiger partial charge in [0.25, 0.3) is 0 Å². The molecule has 4 unspecified atom stereocenters. The highest BCUT2D eigenvalue weighted by molar-refractivity contribution is 5.45. The first-order chi connectivity index (χ1) is 10.2. The van der Waals surface area contributed by atoms with Crippen molar-refractivity contribution in [1.29, 1.82) is 5.26 Å². The molecule has 5 heteroatoms. The summed E-state index contributed by atoms with van der Waals surface area (Å²) < 4.78 is 16.8. The summed E-state index contributed by atoms with van der Waals surface area (Å²) in [5.41, 5.74) is -0.149. The Labute approximate surface area is 123 Å². The van der Waals surface area contributed by atoms with Crippen LogP contribution in [0, 0.1) is 16.7 Å². The topological polar surface area (TPSA) is 71.7 Å². The predicted molar refractivity (Wildman–Crippen MR) is 72.9 cm³/mol. The van der Waals surface area contributed by atoms with Gasteiger partial charge in [-0.1, -0.05) is 6.07 Å². The van der Waals surface area contributed by atoms with Crippen molar-refractivity contribution in [2.45, 2.75) is 37.6 Å². The number of fused-ring (bicyclic) bond motifs is 3. The average molecular weight is 287 g/mol. The minimum Gasteiger partial charge on any atom is -0.486 e. The number of hydrogen-bond acceptors (Lipinski definition) is 5. The highest BCUT2D eigenvalue weighted by Gasteiger charge is 2.57. The van der Waals surface area contributed by atoms with Crippen LogP contribution in [0.2, 0.25) is 0 Å². The van der Waals surface area contributed by atoms with Crippen LogP contribution in [0.4, 0.5) is 0 Å². The maximum absolute atomic E-state index is 10.8. The Morgan fingerprint density at radius 1 is 1.24 bits per heavy atom. The summed E-state index contributed by atoms with van der Waals surface area (Å²) in [6.45, 7) is 1.04. The van der Waals surface area contributed by atoms with E-state index in [1.54, 1.807) is 12.1 Å². The van der Waals surface area contributed by atoms with Crippen molar-refractivity contribution in [3.63, 3.8) is 0 Å². The molecule has 2 saturated heterocycles. The molecule has 21 heavy (non-hydrogen) atoms. The lowest BCUT2D eigenvalue weighted by atomic mass is 9.69. The SMILES string of the molecule is N#CC1(C(O)c2ccc3c(c2)OCCO3)CC2CCC1O2. The van der Waals surface area contributed by atoms with Gasteiger partial charge in [-0.3, -0.25) is 0 Å². The van der Waals surface area contributed by atoms with Crippen molar-refractivity contribution in [3.05, 3.63) is 23.8 Å². The number of nitriles is 1. The Balaban J connectivity index is 1.68. The molecule has 1 aromatic carbocycles. The molecule has 3 heterocycles. The molecule has 4 rings (SSSR count). The summed E-state index contributed by atoms with van der Waals surface area (Å²) in [7, 11) is 0. The third-order valence-electron chi connectivity index (χ3n) is 4.83. The lowest BCUT2D eigenvalue weighted by Crippen LogP contribution is -2.37. The van der Waals surface area contributed by atoms with Crippen LogP contribution in [-0.2, 0) is 4.74 Å². The number of aliphatic hydroxyl groups excluding tert-OH is 1. The molecule has 0 amide bonds. The molecule has 5 nitrogen and oxygen atoms in total. The van der Waals surface area contributed by atoms with Gasteiger partial charge in [0.2, 0.25) is 0 Å². The number of aliphatic hydroxyl groups is 1. The van der Waals surface area contributed by atoms with E-state index in [0.717, 1.165) is 12.8 Å². The Hall–Kier alpha value is -1.77. The molecule has 0 aromatic heterocycles. The number of ether oxygens (including phenoxy) is 3. The molecule has 3 aliphatic heterocycles. The second-order valence-electron chi connectivity index (χ2n) is 5.99. The van der Waals surface area contributed by atoms with Gasteiger partial charge in [0, 0.05) is 0 Å². The molecule has 1 N–H and O–H groups in total. The number of nitrogens with zero attached hydrogens (tertiary/aromatic N) is 1. The van der Waals surface area contributed by atoms with Crippen LogP contribution in [0.3, 0.4) is 0 Å². The van der Waals surface area contributed by atoms with E-state index >= 15 is 0 Å². The van der Waals surface area contributed by atoms with Gasteiger partial charge in [-0.2, -0.15) is 5.26 Å². The molecule has 1 aromatic rings. The molecule has 3 aliphatic rings. The first-order valence-electron chi connectivity index (χ1n) is 7.37. The van der Waals surface area contributed by atoms with Crippen LogP contribution in [0.1, 0.15) is 30.9 Å². The Morgan fingerprint density at radius 3 is 2.71 bits per heavy atom. The van der Waals surface area contributed by atoms with E-state index in [9.17, 15) is 10.4 Å². The molecule has 0 radical (unpaired) electrons. The van der Waals surface area contributed by atoms with Crippen molar-refractivity contribution in [2.24, 2.45) is 5.41 Å². The minimum absolute atomic E-state index is 0.113. The summed E-state index contributed by atoms with van der Waals surface area (Å²) in [6.07, 6.45) is 1.51. The van der Waals surface area contributed by atoms with Crippen molar-refractivity contribution >= 4 is 0 Å². The third kappa shape index (κ3) is 1.83. The van der Waals surface area contributed by atoms with Gasteiger partial charge >= 0.3 is 0 Å². The highest BCUT2D eigenvalue weighted by atomic mass is 16.6. The molecule has 2 fully saturated rings. The van der Waals surface area contributed by atoms with Gasteiger partial charge in [-0.25, -0.2) is 0 Å². The fraction of sp³-hybridized carbons (Fsp3) is 0.562. The maximum Gasteiger partial charge on any atom is 0.161 e. The molecule has 2 bridgehead atoms. The van der Waals surface area contributed by atoms with E-state index in [-0.39, 0.29) is 12.2 Å². The highest BCUT2D eigenvalue weighted by Crippen LogP contribution is 2.54. The normalized spacial score (nSPS) is 34.5. The van der Waals surface area contributed by atoms with Crippen molar-refractivity contribution in [3.8, 4) is 17.6 Å². The largest absolute Gasteiger partial charge is 0.486 e. The van der Waals surface area contributed by atoms with E-state index in [1.165, 1.54) is 0 Å². The number of rotatable bonds is 2. The summed E-state index contributed by atoms with van der Waals surface area (Å²) in [5.74, 6) is 1.32.